The van der Waals surface area contributed by atoms with Crippen molar-refractivity contribution in [3.8, 4) is 11.5 Å². The van der Waals surface area contributed by atoms with Crippen molar-refractivity contribution in [2.45, 2.75) is 43.5 Å². The highest BCUT2D eigenvalue weighted by molar-refractivity contribution is 9.10. The van der Waals surface area contributed by atoms with Crippen LogP contribution in [0.15, 0.2) is 62.4 Å². The molecule has 1 atom stereocenters. The van der Waals surface area contributed by atoms with Crippen LogP contribution in [0, 0.1) is 6.92 Å². The van der Waals surface area contributed by atoms with Gasteiger partial charge in [-0.3, -0.25) is 38.9 Å². The number of ether oxygens (including phenoxy) is 2. The highest BCUT2D eigenvalue weighted by Crippen LogP contribution is 2.36. The summed E-state index contributed by atoms with van der Waals surface area (Å²) >= 11 is 3.29. The Morgan fingerprint density at radius 3 is 2.56 bits per heavy atom. The summed E-state index contributed by atoms with van der Waals surface area (Å²) in [5.74, 6) is -2.53. The average molecular weight is 798 g/mol. The zero-order valence-electron chi connectivity index (χ0n) is 27.9. The summed E-state index contributed by atoms with van der Waals surface area (Å²) in [6.45, 7) is 2.11. The second-order valence-corrected chi connectivity index (χ2v) is 14.6. The smallest absolute Gasteiger partial charge is 0.265 e. The SMILES string of the molecule is COc1ccc(Br)cc1S(=O)(=O)Nc1cc2c(C)noc2cc1OCC(=O)NCCCCNc1ccc2c(c1)C(=O)N(C1CCC(=O)NC1=O)C2=O. The van der Waals surface area contributed by atoms with Crippen LogP contribution in [0.3, 0.4) is 0 Å². The van der Waals surface area contributed by atoms with Gasteiger partial charge in [-0.1, -0.05) is 21.1 Å². The monoisotopic (exact) mass is 796 g/mol. The molecule has 0 spiro atoms. The molecule has 272 valence electrons. The standard InChI is InChI=1S/C34H33BrN6O10S/c1-18-22-15-24(40-52(47,48)29-13-19(35)5-9-26(29)49-2)28(16-27(22)51-39-18)50-17-31(43)37-12-4-3-11-36-20-6-7-21-23(14-20)34(46)41(33(21)45)25-8-10-30(42)38-32(25)44/h5-7,9,13-16,25,36,40H,3-4,8,10-12,17H2,1-2H3,(H,37,43)(H,38,42,44). The van der Waals surface area contributed by atoms with Crippen LogP contribution >= 0.6 is 15.9 Å². The number of nitrogens with zero attached hydrogens (tertiary/aromatic N) is 2. The minimum Gasteiger partial charge on any atom is -0.495 e. The van der Waals surface area contributed by atoms with Gasteiger partial charge in [0, 0.05) is 41.1 Å². The largest absolute Gasteiger partial charge is 0.495 e. The maximum Gasteiger partial charge on any atom is 0.265 e. The summed E-state index contributed by atoms with van der Waals surface area (Å²) in [5.41, 5.74) is 1.91. The number of hydrogen-bond acceptors (Lipinski definition) is 12. The molecule has 3 heterocycles. The summed E-state index contributed by atoms with van der Waals surface area (Å²) in [7, 11) is -2.81. The Labute approximate surface area is 305 Å². The molecular weight excluding hydrogens is 764 g/mol. The van der Waals surface area contributed by atoms with E-state index in [9.17, 15) is 32.4 Å². The van der Waals surface area contributed by atoms with Gasteiger partial charge in [0.2, 0.25) is 11.8 Å². The third-order valence-electron chi connectivity index (χ3n) is 8.47. The van der Waals surface area contributed by atoms with E-state index in [1.807, 2.05) is 0 Å². The number of halogens is 1. The molecule has 1 fully saturated rings. The maximum absolute atomic E-state index is 13.4. The number of benzene rings is 3. The van der Waals surface area contributed by atoms with Crippen LogP contribution in [0.2, 0.25) is 0 Å². The number of aromatic nitrogens is 1. The Kier molecular flexibility index (Phi) is 10.5. The molecule has 18 heteroatoms. The van der Waals surface area contributed by atoms with Gasteiger partial charge in [0.25, 0.3) is 27.7 Å². The van der Waals surface area contributed by atoms with E-state index >= 15 is 0 Å². The molecule has 1 aromatic heterocycles. The Morgan fingerprint density at radius 2 is 1.79 bits per heavy atom. The van der Waals surface area contributed by atoms with E-state index in [2.05, 4.69) is 41.8 Å². The fourth-order valence-corrected chi connectivity index (χ4v) is 7.60. The Morgan fingerprint density at radius 1 is 1.02 bits per heavy atom. The van der Waals surface area contributed by atoms with Gasteiger partial charge in [-0.05, 0) is 68.7 Å². The number of carbonyl (C=O) groups excluding carboxylic acids is 5. The van der Waals surface area contributed by atoms with Crippen LogP contribution in [0.1, 0.15) is 52.1 Å². The number of rotatable bonds is 14. The summed E-state index contributed by atoms with van der Waals surface area (Å²) in [6, 6.07) is 11.3. The number of piperidine rings is 1. The first-order chi connectivity index (χ1) is 24.9. The number of unbranched alkanes of at least 4 members (excludes halogenated alkanes) is 1. The lowest BCUT2D eigenvalue weighted by atomic mass is 10.0. The molecule has 0 saturated carbocycles. The van der Waals surface area contributed by atoms with E-state index in [1.54, 1.807) is 25.1 Å². The molecule has 5 amide bonds. The number of nitrogens with one attached hydrogen (secondary N) is 4. The van der Waals surface area contributed by atoms with Crippen LogP contribution in [0.4, 0.5) is 11.4 Å². The van der Waals surface area contributed by atoms with Crippen molar-refractivity contribution in [1.29, 1.82) is 0 Å². The molecule has 0 bridgehead atoms. The fraction of sp³-hybridized carbons (Fsp3) is 0.294. The van der Waals surface area contributed by atoms with Gasteiger partial charge in [0.15, 0.2) is 12.2 Å². The first kappa shape index (κ1) is 36.3. The molecule has 16 nitrogen and oxygen atoms in total. The molecule has 3 aromatic carbocycles. The molecule has 4 aromatic rings. The first-order valence-corrected chi connectivity index (χ1v) is 18.4. The number of fused-ring (bicyclic) bond motifs is 2. The predicted octanol–water partition coefficient (Wildman–Crippen LogP) is 3.50. The second-order valence-electron chi connectivity index (χ2n) is 12.0. The summed E-state index contributed by atoms with van der Waals surface area (Å²) in [4.78, 5) is 63.2. The number of methoxy groups -OCH3 is 1. The van der Waals surface area contributed by atoms with Crippen LogP contribution in [-0.4, -0.2) is 80.9 Å². The molecule has 1 unspecified atom stereocenters. The van der Waals surface area contributed by atoms with Crippen molar-refractivity contribution in [2.24, 2.45) is 0 Å². The van der Waals surface area contributed by atoms with Crippen LogP contribution in [0.25, 0.3) is 11.0 Å². The van der Waals surface area contributed by atoms with E-state index in [0.717, 1.165) is 4.90 Å². The maximum atomic E-state index is 13.4. The number of amides is 5. The molecular formula is C34H33BrN6O10S. The molecule has 1 saturated heterocycles. The zero-order valence-corrected chi connectivity index (χ0v) is 30.3. The number of aryl methyl sites for hydroxylation is 1. The van der Waals surface area contributed by atoms with E-state index < -0.39 is 52.2 Å². The molecule has 0 aliphatic carbocycles. The van der Waals surface area contributed by atoms with Gasteiger partial charge in [-0.15, -0.1) is 0 Å². The zero-order chi connectivity index (χ0) is 37.2. The highest BCUT2D eigenvalue weighted by atomic mass is 79.9. The predicted molar refractivity (Wildman–Crippen MR) is 190 cm³/mol. The molecule has 0 radical (unpaired) electrons. The van der Waals surface area contributed by atoms with Crippen molar-refractivity contribution in [3.05, 3.63) is 69.8 Å². The molecule has 4 N–H and O–H groups in total. The van der Waals surface area contributed by atoms with Crippen LogP contribution in [-0.2, 0) is 24.4 Å². The Hall–Kier alpha value is -5.49. The number of imide groups is 2. The van der Waals surface area contributed by atoms with E-state index in [4.69, 9.17) is 14.0 Å². The lowest BCUT2D eigenvalue weighted by molar-refractivity contribution is -0.136. The summed E-state index contributed by atoms with van der Waals surface area (Å²) < 4.78 is 46.2. The van der Waals surface area contributed by atoms with E-state index in [0.29, 0.717) is 52.8 Å². The van der Waals surface area contributed by atoms with Gasteiger partial charge in [0.05, 0.1) is 29.6 Å². The summed E-state index contributed by atoms with van der Waals surface area (Å²) in [5, 5.41) is 12.6. The number of carbonyl (C=O) groups is 5. The molecule has 2 aliphatic heterocycles. The van der Waals surface area contributed by atoms with Crippen molar-refractivity contribution in [1.82, 2.24) is 20.7 Å². The van der Waals surface area contributed by atoms with Gasteiger partial charge < -0.3 is 24.6 Å². The van der Waals surface area contributed by atoms with E-state index in [1.165, 1.54) is 37.4 Å². The van der Waals surface area contributed by atoms with Crippen molar-refractivity contribution < 1.29 is 46.4 Å². The molecule has 6 rings (SSSR count). The third-order valence-corrected chi connectivity index (χ3v) is 10.3. The quantitative estimate of drug-likeness (QED) is 0.107. The van der Waals surface area contributed by atoms with Crippen LogP contribution in [0.5, 0.6) is 11.5 Å². The Bertz CT molecular complexity index is 2220. The minimum atomic E-state index is -4.17. The minimum absolute atomic E-state index is 0.0403. The number of sulfonamides is 1. The highest BCUT2D eigenvalue weighted by Gasteiger charge is 2.44. The average Bonchev–Trinajstić information content (AvgIpc) is 3.59. The first-order valence-electron chi connectivity index (χ1n) is 16.1. The number of hydrogen-bond donors (Lipinski definition) is 4. The van der Waals surface area contributed by atoms with Gasteiger partial charge in [-0.25, -0.2) is 8.42 Å². The fourth-order valence-electron chi connectivity index (χ4n) is 5.83. The molecule has 2 aliphatic rings. The van der Waals surface area contributed by atoms with Crippen molar-refractivity contribution in [3.63, 3.8) is 0 Å². The van der Waals surface area contributed by atoms with Crippen molar-refractivity contribution >= 4 is 77.8 Å². The third kappa shape index (κ3) is 7.57. The summed E-state index contributed by atoms with van der Waals surface area (Å²) in [6.07, 6.45) is 1.35. The second kappa shape index (κ2) is 15.0. The topological polar surface area (TPSA) is 215 Å². The van der Waals surface area contributed by atoms with E-state index in [-0.39, 0.29) is 46.1 Å². The Balaban J connectivity index is 0.998. The number of anilines is 2. The van der Waals surface area contributed by atoms with Crippen molar-refractivity contribution in [2.75, 3.05) is 36.8 Å². The van der Waals surface area contributed by atoms with Gasteiger partial charge in [-0.2, -0.15) is 0 Å². The lowest BCUT2D eigenvalue weighted by Gasteiger charge is -2.27. The van der Waals surface area contributed by atoms with Gasteiger partial charge in [0.1, 0.15) is 22.4 Å². The van der Waals surface area contributed by atoms with Crippen LogP contribution < -0.4 is 30.1 Å². The normalized spacial score (nSPS) is 15.8. The molecule has 52 heavy (non-hydrogen) atoms. The lowest BCUT2D eigenvalue weighted by Crippen LogP contribution is -2.54. The van der Waals surface area contributed by atoms with Gasteiger partial charge >= 0.3 is 0 Å².